The topological polar surface area (TPSA) is 42.0 Å². The van der Waals surface area contributed by atoms with E-state index in [9.17, 15) is 4.79 Å². The Bertz CT molecular complexity index is 511. The highest BCUT2D eigenvalue weighted by Gasteiger charge is 2.06. The molecule has 18 heavy (non-hydrogen) atoms. The minimum atomic E-state index is 0.00288. The van der Waals surface area contributed by atoms with Gasteiger partial charge >= 0.3 is 0 Å². The first kappa shape index (κ1) is 13.1. The number of hydrogen-bond donors (Lipinski definition) is 1. The van der Waals surface area contributed by atoms with E-state index in [4.69, 9.17) is 0 Å². The van der Waals surface area contributed by atoms with Crippen LogP contribution in [0.15, 0.2) is 36.5 Å². The normalized spacial score (nSPS) is 10.3. The number of benzene rings is 1. The first-order chi connectivity index (χ1) is 8.78. The van der Waals surface area contributed by atoms with Crippen molar-refractivity contribution in [2.75, 3.05) is 17.3 Å². The smallest absolute Gasteiger partial charge is 0.236 e. The average Bonchev–Trinajstić information content (AvgIpc) is 2.78. The van der Waals surface area contributed by atoms with Crippen LogP contribution >= 0.6 is 23.1 Å². The first-order valence-corrected chi connectivity index (χ1v) is 7.76. The number of carbonyl (C=O) groups is 1. The molecular formula is C13H14N2OS2. The van der Waals surface area contributed by atoms with E-state index in [0.717, 1.165) is 11.3 Å². The van der Waals surface area contributed by atoms with Crippen LogP contribution in [0.1, 0.15) is 10.4 Å². The maximum atomic E-state index is 11.4. The van der Waals surface area contributed by atoms with Crippen molar-refractivity contribution in [3.8, 4) is 0 Å². The van der Waals surface area contributed by atoms with Gasteiger partial charge in [-0.05, 0) is 11.8 Å². The van der Waals surface area contributed by atoms with Gasteiger partial charge < -0.3 is 5.32 Å². The molecule has 0 unspecified atom stereocenters. The zero-order valence-electron chi connectivity index (χ0n) is 10.1. The fraction of sp³-hybridized carbons (Fsp3) is 0.231. The summed E-state index contributed by atoms with van der Waals surface area (Å²) in [5, 5.41) is 3.48. The summed E-state index contributed by atoms with van der Waals surface area (Å²) in [6.07, 6.45) is 4.59. The summed E-state index contributed by atoms with van der Waals surface area (Å²) in [6.45, 7) is 0. The molecule has 0 atom stereocenters. The third-order valence-electron chi connectivity index (χ3n) is 2.30. The van der Waals surface area contributed by atoms with Gasteiger partial charge in [-0.15, -0.1) is 11.3 Å². The van der Waals surface area contributed by atoms with Crippen LogP contribution in [-0.2, 0) is 11.2 Å². The van der Waals surface area contributed by atoms with Gasteiger partial charge in [0.2, 0.25) is 5.91 Å². The van der Waals surface area contributed by atoms with Gasteiger partial charge in [-0.3, -0.25) is 4.79 Å². The Labute approximate surface area is 115 Å². The fourth-order valence-electron chi connectivity index (χ4n) is 1.53. The Morgan fingerprint density at radius 1 is 1.39 bits per heavy atom. The Morgan fingerprint density at radius 2 is 2.17 bits per heavy atom. The third-order valence-corrected chi connectivity index (χ3v) is 3.76. The Hall–Kier alpha value is -1.33. The summed E-state index contributed by atoms with van der Waals surface area (Å²) < 4.78 is 0. The molecule has 0 aliphatic heterocycles. The zero-order valence-corrected chi connectivity index (χ0v) is 11.7. The van der Waals surface area contributed by atoms with Gasteiger partial charge in [0.25, 0.3) is 0 Å². The highest BCUT2D eigenvalue weighted by atomic mass is 32.2. The van der Waals surface area contributed by atoms with Crippen molar-refractivity contribution in [1.29, 1.82) is 0 Å². The van der Waals surface area contributed by atoms with Crippen molar-refractivity contribution in [3.05, 3.63) is 47.0 Å². The summed E-state index contributed by atoms with van der Waals surface area (Å²) in [6, 6.07) is 10.2. The number of rotatable bonds is 5. The van der Waals surface area contributed by atoms with Crippen molar-refractivity contribution in [2.45, 2.75) is 6.42 Å². The first-order valence-electron chi connectivity index (χ1n) is 5.55. The molecule has 0 aliphatic rings. The lowest BCUT2D eigenvalue weighted by molar-refractivity contribution is -0.113. The number of thiazole rings is 1. The maximum Gasteiger partial charge on any atom is 0.236 e. The van der Waals surface area contributed by atoms with E-state index in [1.54, 1.807) is 0 Å². The van der Waals surface area contributed by atoms with E-state index in [-0.39, 0.29) is 5.91 Å². The van der Waals surface area contributed by atoms with E-state index in [1.807, 2.05) is 30.7 Å². The molecule has 3 nitrogen and oxygen atoms in total. The minimum absolute atomic E-state index is 0.00288. The summed E-state index contributed by atoms with van der Waals surface area (Å²) >= 11 is 3.03. The van der Waals surface area contributed by atoms with E-state index in [2.05, 4.69) is 22.4 Å². The van der Waals surface area contributed by atoms with E-state index >= 15 is 0 Å². The molecule has 1 N–H and O–H groups in total. The van der Waals surface area contributed by atoms with Crippen molar-refractivity contribution in [1.82, 2.24) is 4.98 Å². The van der Waals surface area contributed by atoms with Crippen LogP contribution in [0.25, 0.3) is 0 Å². The number of carbonyl (C=O) groups excluding carboxylic acids is 1. The van der Waals surface area contributed by atoms with Gasteiger partial charge in [0, 0.05) is 17.5 Å². The second kappa shape index (κ2) is 6.56. The van der Waals surface area contributed by atoms with Crippen LogP contribution in [0.2, 0.25) is 0 Å². The largest absolute Gasteiger partial charge is 0.301 e. The van der Waals surface area contributed by atoms with Gasteiger partial charge in [-0.2, -0.15) is 11.8 Å². The van der Waals surface area contributed by atoms with Crippen molar-refractivity contribution < 1.29 is 4.79 Å². The standard InChI is InChI=1S/C13H14N2OS2/c1-17-9-12(16)15-13-14-8-11(18-13)7-10-5-3-2-4-6-10/h2-6,8H,7,9H2,1H3,(H,14,15,16). The third kappa shape index (κ3) is 3.85. The molecular weight excluding hydrogens is 264 g/mol. The van der Waals surface area contributed by atoms with Crippen LogP contribution in [0, 0.1) is 0 Å². The van der Waals surface area contributed by atoms with E-state index in [1.165, 1.54) is 28.7 Å². The molecule has 5 heteroatoms. The second-order valence-corrected chi connectivity index (χ2v) is 5.76. The second-order valence-electron chi connectivity index (χ2n) is 3.78. The average molecular weight is 278 g/mol. The molecule has 1 aromatic carbocycles. The molecule has 1 aromatic heterocycles. The molecule has 0 saturated carbocycles. The lowest BCUT2D eigenvalue weighted by Gasteiger charge is -1.98. The highest BCUT2D eigenvalue weighted by molar-refractivity contribution is 7.99. The molecule has 1 heterocycles. The number of aromatic nitrogens is 1. The fourth-order valence-corrected chi connectivity index (χ4v) is 2.73. The summed E-state index contributed by atoms with van der Waals surface area (Å²) in [7, 11) is 0. The molecule has 0 spiro atoms. The van der Waals surface area contributed by atoms with Gasteiger partial charge in [0.15, 0.2) is 5.13 Å². The number of amides is 1. The van der Waals surface area contributed by atoms with E-state index < -0.39 is 0 Å². The number of hydrogen-bond acceptors (Lipinski definition) is 4. The van der Waals surface area contributed by atoms with Crippen molar-refractivity contribution in [2.24, 2.45) is 0 Å². The van der Waals surface area contributed by atoms with Gasteiger partial charge in [-0.25, -0.2) is 4.98 Å². The summed E-state index contributed by atoms with van der Waals surface area (Å²) in [5.74, 6) is 0.469. The molecule has 0 bridgehead atoms. The number of nitrogens with one attached hydrogen (secondary N) is 1. The quantitative estimate of drug-likeness (QED) is 0.914. The molecule has 0 radical (unpaired) electrons. The van der Waals surface area contributed by atoms with Crippen molar-refractivity contribution in [3.63, 3.8) is 0 Å². The maximum absolute atomic E-state index is 11.4. The monoisotopic (exact) mass is 278 g/mol. The molecule has 94 valence electrons. The number of nitrogens with zero attached hydrogens (tertiary/aromatic N) is 1. The SMILES string of the molecule is CSCC(=O)Nc1ncc(Cc2ccccc2)s1. The van der Waals surface area contributed by atoms with Crippen LogP contribution in [0.5, 0.6) is 0 Å². The van der Waals surface area contributed by atoms with Crippen LogP contribution < -0.4 is 5.32 Å². The predicted octanol–water partition coefficient (Wildman–Crippen LogP) is 3.04. The molecule has 1 amide bonds. The van der Waals surface area contributed by atoms with Crippen LogP contribution in [-0.4, -0.2) is 22.9 Å². The molecule has 0 aliphatic carbocycles. The Morgan fingerprint density at radius 3 is 2.89 bits per heavy atom. The molecule has 2 rings (SSSR count). The van der Waals surface area contributed by atoms with Crippen molar-refractivity contribution >= 4 is 34.1 Å². The van der Waals surface area contributed by atoms with Gasteiger partial charge in [0.1, 0.15) is 0 Å². The van der Waals surface area contributed by atoms with Crippen LogP contribution in [0.4, 0.5) is 5.13 Å². The predicted molar refractivity (Wildman–Crippen MR) is 78.4 cm³/mol. The number of anilines is 1. The molecule has 0 fully saturated rings. The highest BCUT2D eigenvalue weighted by Crippen LogP contribution is 2.21. The van der Waals surface area contributed by atoms with Gasteiger partial charge in [0.05, 0.1) is 5.75 Å². The lowest BCUT2D eigenvalue weighted by atomic mass is 10.1. The Kier molecular flexibility index (Phi) is 4.78. The molecule has 2 aromatic rings. The summed E-state index contributed by atoms with van der Waals surface area (Å²) in [4.78, 5) is 16.8. The lowest BCUT2D eigenvalue weighted by Crippen LogP contribution is -2.13. The zero-order chi connectivity index (χ0) is 12.8. The number of thioether (sulfide) groups is 1. The Balaban J connectivity index is 1.96. The van der Waals surface area contributed by atoms with E-state index in [0.29, 0.717) is 10.9 Å². The summed E-state index contributed by atoms with van der Waals surface area (Å²) in [5.41, 5.74) is 1.25. The molecule has 0 saturated heterocycles. The van der Waals surface area contributed by atoms with Gasteiger partial charge in [-0.1, -0.05) is 30.3 Å². The minimum Gasteiger partial charge on any atom is -0.301 e. The van der Waals surface area contributed by atoms with Crippen LogP contribution in [0.3, 0.4) is 0 Å².